The molecular weight excluding hydrogens is 417 g/mol. The molecule has 0 saturated carbocycles. The van der Waals surface area contributed by atoms with E-state index >= 15 is 0 Å². The van der Waals surface area contributed by atoms with Gasteiger partial charge in [0.05, 0.1) is 10.0 Å². The summed E-state index contributed by atoms with van der Waals surface area (Å²) in [4.78, 5) is 0. The Hall–Kier alpha value is -0.530. The van der Waals surface area contributed by atoms with Crippen molar-refractivity contribution >= 4 is 38.5 Å². The molecule has 1 nitrogen and oxygen atoms in total. The largest absolute Gasteiger partial charge is 0.383 e. The third-order valence-electron chi connectivity index (χ3n) is 2.55. The molecule has 5 heteroatoms. The Morgan fingerprint density at radius 3 is 2.44 bits per heavy atom. The maximum atomic E-state index is 13.9. The fraction of sp³-hybridized carbons (Fsp3) is 0.0769. The van der Waals surface area contributed by atoms with Crippen LogP contribution in [0.2, 0.25) is 0 Å². The Balaban J connectivity index is 2.56. The van der Waals surface area contributed by atoms with Crippen molar-refractivity contribution in [2.24, 2.45) is 0 Å². The number of hydrogen-bond acceptors (Lipinski definition) is 1. The second kappa shape index (κ2) is 5.63. The minimum Gasteiger partial charge on any atom is -0.383 e. The van der Waals surface area contributed by atoms with E-state index in [9.17, 15) is 13.9 Å². The molecular formula is C13H8BrF2IO. The second-order valence-electron chi connectivity index (χ2n) is 3.68. The lowest BCUT2D eigenvalue weighted by molar-refractivity contribution is 0.208. The second-order valence-corrected chi connectivity index (χ2v) is 5.70. The highest BCUT2D eigenvalue weighted by molar-refractivity contribution is 14.1. The van der Waals surface area contributed by atoms with Crippen LogP contribution in [-0.4, -0.2) is 5.11 Å². The third kappa shape index (κ3) is 2.57. The topological polar surface area (TPSA) is 20.2 Å². The van der Waals surface area contributed by atoms with Crippen molar-refractivity contribution in [2.45, 2.75) is 6.10 Å². The van der Waals surface area contributed by atoms with Crippen LogP contribution >= 0.6 is 38.5 Å². The third-order valence-corrected chi connectivity index (χ3v) is 4.15. The Morgan fingerprint density at radius 1 is 1.11 bits per heavy atom. The molecule has 0 heterocycles. The van der Waals surface area contributed by atoms with Gasteiger partial charge in [-0.25, -0.2) is 8.78 Å². The Labute approximate surface area is 125 Å². The molecule has 0 radical (unpaired) electrons. The summed E-state index contributed by atoms with van der Waals surface area (Å²) in [6, 6.07) is 9.33. The zero-order chi connectivity index (χ0) is 13.3. The van der Waals surface area contributed by atoms with Crippen LogP contribution < -0.4 is 0 Å². The summed E-state index contributed by atoms with van der Waals surface area (Å²) in [6.45, 7) is 0. The van der Waals surface area contributed by atoms with E-state index < -0.39 is 17.7 Å². The van der Waals surface area contributed by atoms with Gasteiger partial charge in [0, 0.05) is 3.57 Å². The lowest BCUT2D eigenvalue weighted by atomic mass is 10.0. The van der Waals surface area contributed by atoms with Gasteiger partial charge in [0.15, 0.2) is 0 Å². The van der Waals surface area contributed by atoms with Crippen molar-refractivity contribution in [2.75, 3.05) is 0 Å². The van der Waals surface area contributed by atoms with E-state index in [0.717, 1.165) is 9.64 Å². The number of hydrogen-bond donors (Lipinski definition) is 1. The van der Waals surface area contributed by atoms with Crippen LogP contribution in [0.1, 0.15) is 17.2 Å². The van der Waals surface area contributed by atoms with Crippen molar-refractivity contribution < 1.29 is 13.9 Å². The Kier molecular flexibility index (Phi) is 4.34. The monoisotopic (exact) mass is 424 g/mol. The van der Waals surface area contributed by atoms with Crippen molar-refractivity contribution in [1.82, 2.24) is 0 Å². The van der Waals surface area contributed by atoms with E-state index in [0.29, 0.717) is 5.56 Å². The quantitative estimate of drug-likeness (QED) is 0.559. The number of rotatable bonds is 2. The Bertz CT molecular complexity index is 589. The molecule has 0 fully saturated rings. The zero-order valence-corrected chi connectivity index (χ0v) is 12.7. The summed E-state index contributed by atoms with van der Waals surface area (Å²) >= 11 is 5.00. The van der Waals surface area contributed by atoms with E-state index in [2.05, 4.69) is 15.9 Å². The van der Waals surface area contributed by atoms with Gasteiger partial charge in [-0.15, -0.1) is 0 Å². The van der Waals surface area contributed by atoms with E-state index in [1.807, 2.05) is 22.6 Å². The normalized spacial score (nSPS) is 12.5. The first-order chi connectivity index (χ1) is 8.52. The predicted octanol–water partition coefficient (Wildman–Crippen LogP) is 4.41. The van der Waals surface area contributed by atoms with Crippen LogP contribution in [-0.2, 0) is 0 Å². The molecule has 1 unspecified atom stereocenters. The van der Waals surface area contributed by atoms with Crippen LogP contribution in [0, 0.1) is 15.2 Å². The van der Waals surface area contributed by atoms with Crippen molar-refractivity contribution in [3.05, 3.63) is 67.2 Å². The van der Waals surface area contributed by atoms with Gasteiger partial charge in [-0.05, 0) is 62.3 Å². The van der Waals surface area contributed by atoms with E-state index in [1.165, 1.54) is 6.07 Å². The average Bonchev–Trinajstić information content (AvgIpc) is 2.35. The van der Waals surface area contributed by atoms with Crippen LogP contribution in [0.3, 0.4) is 0 Å². The lowest BCUT2D eigenvalue weighted by Crippen LogP contribution is -2.07. The van der Waals surface area contributed by atoms with Gasteiger partial charge in [0.1, 0.15) is 17.7 Å². The molecule has 94 valence electrons. The van der Waals surface area contributed by atoms with Crippen LogP contribution in [0.5, 0.6) is 0 Å². The molecule has 2 aromatic carbocycles. The molecule has 0 aliphatic carbocycles. The van der Waals surface area contributed by atoms with Gasteiger partial charge in [-0.3, -0.25) is 0 Å². The highest BCUT2D eigenvalue weighted by atomic mass is 127. The molecule has 2 rings (SSSR count). The van der Waals surface area contributed by atoms with Gasteiger partial charge >= 0.3 is 0 Å². The Morgan fingerprint density at radius 2 is 1.78 bits per heavy atom. The molecule has 1 atom stereocenters. The molecule has 0 amide bonds. The molecule has 0 spiro atoms. The van der Waals surface area contributed by atoms with Crippen LogP contribution in [0.25, 0.3) is 0 Å². The first kappa shape index (κ1) is 13.9. The van der Waals surface area contributed by atoms with Crippen molar-refractivity contribution in [3.63, 3.8) is 0 Å². The highest BCUT2D eigenvalue weighted by Crippen LogP contribution is 2.32. The molecule has 0 saturated heterocycles. The lowest BCUT2D eigenvalue weighted by Gasteiger charge is -2.15. The number of benzene rings is 2. The smallest absolute Gasteiger partial charge is 0.146 e. The summed E-state index contributed by atoms with van der Waals surface area (Å²) in [5.74, 6) is -1.54. The maximum absolute atomic E-state index is 13.9. The van der Waals surface area contributed by atoms with Crippen molar-refractivity contribution in [1.29, 1.82) is 0 Å². The van der Waals surface area contributed by atoms with E-state index in [-0.39, 0.29) is 10.0 Å². The minimum absolute atomic E-state index is 0.129. The van der Waals surface area contributed by atoms with Gasteiger partial charge in [-0.2, -0.15) is 0 Å². The van der Waals surface area contributed by atoms with Crippen molar-refractivity contribution in [3.8, 4) is 0 Å². The highest BCUT2D eigenvalue weighted by Gasteiger charge is 2.22. The van der Waals surface area contributed by atoms with Crippen LogP contribution in [0.4, 0.5) is 8.78 Å². The molecule has 1 N–H and O–H groups in total. The fourth-order valence-corrected chi connectivity index (χ4v) is 2.67. The van der Waals surface area contributed by atoms with Gasteiger partial charge in [0.25, 0.3) is 0 Å². The molecule has 18 heavy (non-hydrogen) atoms. The minimum atomic E-state index is -1.32. The fourth-order valence-electron chi connectivity index (χ4n) is 1.65. The number of aliphatic hydroxyl groups is 1. The molecule has 0 aliphatic heterocycles. The first-order valence-corrected chi connectivity index (χ1v) is 6.95. The molecule has 0 aliphatic rings. The summed E-state index contributed by atoms with van der Waals surface area (Å²) in [7, 11) is 0. The summed E-state index contributed by atoms with van der Waals surface area (Å²) < 4.78 is 28.4. The first-order valence-electron chi connectivity index (χ1n) is 5.08. The van der Waals surface area contributed by atoms with E-state index in [4.69, 9.17) is 0 Å². The standard InChI is InChI=1S/C13H8BrF2IO/c14-8-5-6-9(15)11(12(8)16)13(18)7-3-1-2-4-10(7)17/h1-6,13,18H. The van der Waals surface area contributed by atoms with E-state index in [1.54, 1.807) is 24.3 Å². The van der Waals surface area contributed by atoms with Gasteiger partial charge in [0.2, 0.25) is 0 Å². The summed E-state index contributed by atoms with van der Waals surface area (Å²) in [5, 5.41) is 10.2. The maximum Gasteiger partial charge on any atom is 0.146 e. The zero-order valence-electron chi connectivity index (χ0n) is 9.00. The summed E-state index contributed by atoms with van der Waals surface area (Å²) in [5.41, 5.74) is 0.141. The number of aliphatic hydroxyl groups excluding tert-OH is 1. The SMILES string of the molecule is OC(c1ccccc1I)c1c(F)ccc(Br)c1F. The summed E-state index contributed by atoms with van der Waals surface area (Å²) in [6.07, 6.45) is -1.32. The number of halogens is 4. The van der Waals surface area contributed by atoms with Gasteiger partial charge in [-0.1, -0.05) is 18.2 Å². The average molecular weight is 425 g/mol. The predicted molar refractivity (Wildman–Crippen MR) is 77.3 cm³/mol. The molecule has 0 aromatic heterocycles. The molecule has 0 bridgehead atoms. The van der Waals surface area contributed by atoms with Gasteiger partial charge < -0.3 is 5.11 Å². The molecule has 2 aromatic rings. The van der Waals surface area contributed by atoms with Crippen LogP contribution in [0.15, 0.2) is 40.9 Å².